The van der Waals surface area contributed by atoms with E-state index in [1.165, 1.54) is 12.0 Å². The van der Waals surface area contributed by atoms with Crippen LogP contribution in [0.15, 0.2) is 24.3 Å². The summed E-state index contributed by atoms with van der Waals surface area (Å²) in [6.45, 7) is 0. The van der Waals surface area contributed by atoms with Gasteiger partial charge in [-0.3, -0.25) is 9.59 Å². The lowest BCUT2D eigenvalue weighted by Crippen LogP contribution is -2.43. The molecule has 1 aliphatic rings. The number of esters is 1. The Kier molecular flexibility index (Phi) is 4.02. The van der Waals surface area contributed by atoms with Crippen molar-refractivity contribution in [2.75, 3.05) is 19.1 Å². The van der Waals surface area contributed by atoms with Crippen LogP contribution >= 0.6 is 0 Å². The standard InChI is InChI=1S/C14H16N2O4/c1-16(13(18)10-7-8-12(17)15-10)11-6-4-3-5-9(11)14(19)20-2/h3-6,10H,7-8H2,1-2H3,(H,15,17). The highest BCUT2D eigenvalue weighted by atomic mass is 16.5. The summed E-state index contributed by atoms with van der Waals surface area (Å²) < 4.78 is 4.70. The predicted molar refractivity (Wildman–Crippen MR) is 72.4 cm³/mol. The summed E-state index contributed by atoms with van der Waals surface area (Å²) in [5.74, 6) is -0.874. The van der Waals surface area contributed by atoms with Crippen LogP contribution in [0.2, 0.25) is 0 Å². The number of anilines is 1. The smallest absolute Gasteiger partial charge is 0.339 e. The van der Waals surface area contributed by atoms with Gasteiger partial charge in [0.05, 0.1) is 18.4 Å². The Balaban J connectivity index is 2.24. The highest BCUT2D eigenvalue weighted by Gasteiger charge is 2.31. The summed E-state index contributed by atoms with van der Waals surface area (Å²) in [4.78, 5) is 36.6. The number of rotatable bonds is 3. The molecule has 1 saturated heterocycles. The molecule has 1 fully saturated rings. The van der Waals surface area contributed by atoms with E-state index >= 15 is 0 Å². The third-order valence-corrected chi connectivity index (χ3v) is 3.29. The third kappa shape index (κ3) is 2.64. The number of ether oxygens (including phenoxy) is 1. The lowest BCUT2D eigenvalue weighted by Gasteiger charge is -2.22. The number of hydrogen-bond donors (Lipinski definition) is 1. The minimum absolute atomic E-state index is 0.127. The van der Waals surface area contributed by atoms with Crippen LogP contribution in [-0.4, -0.2) is 38.0 Å². The molecule has 1 N–H and O–H groups in total. The van der Waals surface area contributed by atoms with Crippen molar-refractivity contribution in [2.45, 2.75) is 18.9 Å². The third-order valence-electron chi connectivity index (χ3n) is 3.29. The van der Waals surface area contributed by atoms with Gasteiger partial charge in [-0.2, -0.15) is 0 Å². The highest BCUT2D eigenvalue weighted by Crippen LogP contribution is 2.22. The van der Waals surface area contributed by atoms with Crippen molar-refractivity contribution in [3.8, 4) is 0 Å². The lowest BCUT2D eigenvalue weighted by atomic mass is 10.1. The second-order valence-electron chi connectivity index (χ2n) is 4.56. The Morgan fingerprint density at radius 2 is 2.05 bits per heavy atom. The van der Waals surface area contributed by atoms with E-state index in [0.717, 1.165) is 0 Å². The maximum Gasteiger partial charge on any atom is 0.339 e. The van der Waals surface area contributed by atoms with Crippen molar-refractivity contribution in [3.05, 3.63) is 29.8 Å². The molecule has 2 amide bonds. The molecule has 1 heterocycles. The van der Waals surface area contributed by atoms with Gasteiger partial charge in [-0.15, -0.1) is 0 Å². The first-order chi connectivity index (χ1) is 9.54. The summed E-state index contributed by atoms with van der Waals surface area (Å²) >= 11 is 0. The maximum atomic E-state index is 12.3. The van der Waals surface area contributed by atoms with Crippen molar-refractivity contribution in [3.63, 3.8) is 0 Å². The van der Waals surface area contributed by atoms with Crippen LogP contribution in [0.1, 0.15) is 23.2 Å². The maximum absolute atomic E-state index is 12.3. The van der Waals surface area contributed by atoms with Crippen LogP contribution in [0, 0.1) is 0 Å². The SMILES string of the molecule is COC(=O)c1ccccc1N(C)C(=O)C1CCC(=O)N1. The second-order valence-corrected chi connectivity index (χ2v) is 4.56. The first-order valence-corrected chi connectivity index (χ1v) is 6.29. The Morgan fingerprint density at radius 3 is 2.65 bits per heavy atom. The Labute approximate surface area is 116 Å². The van der Waals surface area contributed by atoms with Gasteiger partial charge in [-0.1, -0.05) is 12.1 Å². The molecule has 0 aromatic heterocycles. The molecule has 0 spiro atoms. The van der Waals surface area contributed by atoms with Crippen LogP contribution in [0.4, 0.5) is 5.69 Å². The molecule has 2 rings (SSSR count). The largest absolute Gasteiger partial charge is 0.465 e. The molecule has 0 aliphatic carbocycles. The molecule has 1 aromatic carbocycles. The molecule has 106 valence electrons. The van der Waals surface area contributed by atoms with Crippen molar-refractivity contribution < 1.29 is 19.1 Å². The molecule has 1 aromatic rings. The monoisotopic (exact) mass is 276 g/mol. The number of nitrogens with zero attached hydrogens (tertiary/aromatic N) is 1. The Hall–Kier alpha value is -2.37. The van der Waals surface area contributed by atoms with E-state index in [1.807, 2.05) is 0 Å². The minimum atomic E-state index is -0.529. The van der Waals surface area contributed by atoms with Crippen molar-refractivity contribution in [2.24, 2.45) is 0 Å². The number of likely N-dealkylation sites (N-methyl/N-ethyl adjacent to an activating group) is 1. The number of amides is 2. The van der Waals surface area contributed by atoms with Crippen molar-refractivity contribution in [1.29, 1.82) is 0 Å². The normalized spacial score (nSPS) is 17.5. The molecule has 0 bridgehead atoms. The number of carbonyl (C=O) groups excluding carboxylic acids is 3. The zero-order chi connectivity index (χ0) is 14.7. The molecular weight excluding hydrogens is 260 g/mol. The predicted octanol–water partition coefficient (Wildman–Crippen LogP) is 0.715. The lowest BCUT2D eigenvalue weighted by molar-refractivity contribution is -0.123. The van der Waals surface area contributed by atoms with E-state index in [0.29, 0.717) is 24.1 Å². The summed E-state index contributed by atoms with van der Waals surface area (Å²) in [5, 5.41) is 2.62. The van der Waals surface area contributed by atoms with E-state index in [1.54, 1.807) is 31.3 Å². The first-order valence-electron chi connectivity index (χ1n) is 6.29. The van der Waals surface area contributed by atoms with E-state index in [-0.39, 0.29) is 11.8 Å². The highest BCUT2D eigenvalue weighted by molar-refractivity contribution is 6.05. The molecular formula is C14H16N2O4. The summed E-state index contributed by atoms with van der Waals surface area (Å²) in [7, 11) is 2.87. The van der Waals surface area contributed by atoms with E-state index < -0.39 is 12.0 Å². The van der Waals surface area contributed by atoms with Crippen LogP contribution in [0.5, 0.6) is 0 Å². The van der Waals surface area contributed by atoms with Gasteiger partial charge in [0.15, 0.2) is 0 Å². The van der Waals surface area contributed by atoms with Crippen LogP contribution in [0.25, 0.3) is 0 Å². The Morgan fingerprint density at radius 1 is 1.35 bits per heavy atom. The fourth-order valence-electron chi connectivity index (χ4n) is 2.20. The molecule has 0 saturated carbocycles. The average molecular weight is 276 g/mol. The molecule has 0 radical (unpaired) electrons. The summed E-state index contributed by atoms with van der Waals surface area (Å²) in [5.41, 5.74) is 0.778. The number of hydrogen-bond acceptors (Lipinski definition) is 4. The van der Waals surface area contributed by atoms with E-state index in [4.69, 9.17) is 4.74 Å². The quantitative estimate of drug-likeness (QED) is 0.825. The van der Waals surface area contributed by atoms with Gasteiger partial charge in [0.2, 0.25) is 11.8 Å². The number of benzene rings is 1. The molecule has 1 atom stereocenters. The minimum Gasteiger partial charge on any atom is -0.465 e. The molecule has 6 heteroatoms. The van der Waals surface area contributed by atoms with Crippen molar-refractivity contribution in [1.82, 2.24) is 5.32 Å². The fraction of sp³-hybridized carbons (Fsp3) is 0.357. The summed E-state index contributed by atoms with van der Waals surface area (Å²) in [6, 6.07) is 6.17. The van der Waals surface area contributed by atoms with Crippen LogP contribution in [0.3, 0.4) is 0 Å². The first kappa shape index (κ1) is 14.0. The molecule has 20 heavy (non-hydrogen) atoms. The van der Waals surface area contributed by atoms with Crippen LogP contribution in [-0.2, 0) is 14.3 Å². The van der Waals surface area contributed by atoms with Gasteiger partial charge in [-0.05, 0) is 18.6 Å². The van der Waals surface area contributed by atoms with Gasteiger partial charge >= 0.3 is 5.97 Å². The summed E-state index contributed by atoms with van der Waals surface area (Å²) in [6.07, 6.45) is 0.825. The van der Waals surface area contributed by atoms with Gasteiger partial charge in [0, 0.05) is 13.5 Å². The number of carbonyl (C=O) groups is 3. The van der Waals surface area contributed by atoms with E-state index in [9.17, 15) is 14.4 Å². The van der Waals surface area contributed by atoms with Crippen molar-refractivity contribution >= 4 is 23.5 Å². The Bertz CT molecular complexity index is 556. The van der Waals surface area contributed by atoms with Gasteiger partial charge < -0.3 is 15.0 Å². The van der Waals surface area contributed by atoms with E-state index in [2.05, 4.69) is 5.32 Å². The van der Waals surface area contributed by atoms with Gasteiger partial charge in [0.1, 0.15) is 6.04 Å². The second kappa shape index (κ2) is 5.73. The zero-order valence-electron chi connectivity index (χ0n) is 11.4. The fourth-order valence-corrected chi connectivity index (χ4v) is 2.20. The molecule has 6 nitrogen and oxygen atoms in total. The van der Waals surface area contributed by atoms with Crippen LogP contribution < -0.4 is 10.2 Å². The molecule has 1 aliphatic heterocycles. The topological polar surface area (TPSA) is 75.7 Å². The zero-order valence-corrected chi connectivity index (χ0v) is 11.4. The van der Waals surface area contributed by atoms with Gasteiger partial charge in [-0.25, -0.2) is 4.79 Å². The molecule has 1 unspecified atom stereocenters. The average Bonchev–Trinajstić information content (AvgIpc) is 2.91. The number of nitrogens with one attached hydrogen (secondary N) is 1. The number of para-hydroxylation sites is 1. The van der Waals surface area contributed by atoms with Gasteiger partial charge in [0.25, 0.3) is 0 Å². The number of methoxy groups -OCH3 is 1.